The highest BCUT2D eigenvalue weighted by Crippen LogP contribution is 2.28. The molecule has 0 unspecified atom stereocenters. The number of piperidine rings is 1. The van der Waals surface area contributed by atoms with Crippen molar-refractivity contribution in [2.45, 2.75) is 25.9 Å². The Morgan fingerprint density at radius 1 is 1.36 bits per heavy atom. The minimum Gasteiger partial charge on any atom is -0.489 e. The number of likely N-dealkylation sites (tertiary alicyclic amines) is 1. The third-order valence-electron chi connectivity index (χ3n) is 4.28. The second-order valence-corrected chi connectivity index (χ2v) is 6.75. The third kappa shape index (κ3) is 4.78. The number of carbonyl (C=O) groups is 1. The number of hydrogen-bond acceptors (Lipinski definition) is 6. The fraction of sp³-hybridized carbons (Fsp3) is 0.300. The summed E-state index contributed by atoms with van der Waals surface area (Å²) in [5, 5.41) is 9.65. The number of allylic oxidation sites excluding steroid dienone is 1. The lowest BCUT2D eigenvalue weighted by molar-refractivity contribution is 0.0819. The van der Waals surface area contributed by atoms with E-state index >= 15 is 0 Å². The van der Waals surface area contributed by atoms with Gasteiger partial charge >= 0.3 is 6.09 Å². The molecule has 1 aliphatic rings. The Morgan fingerprint density at radius 3 is 2.75 bits per heavy atom. The van der Waals surface area contributed by atoms with Gasteiger partial charge in [-0.15, -0.1) is 0 Å². The van der Waals surface area contributed by atoms with Crippen LogP contribution in [0.5, 0.6) is 5.75 Å². The summed E-state index contributed by atoms with van der Waals surface area (Å²) < 4.78 is 11.1. The van der Waals surface area contributed by atoms with E-state index < -0.39 is 6.09 Å². The molecule has 2 heterocycles. The van der Waals surface area contributed by atoms with Gasteiger partial charge in [0.15, 0.2) is 0 Å². The zero-order valence-corrected chi connectivity index (χ0v) is 16.1. The molecule has 8 heteroatoms. The van der Waals surface area contributed by atoms with Crippen LogP contribution in [-0.4, -0.2) is 40.2 Å². The Balaban J connectivity index is 1.66. The maximum absolute atomic E-state index is 11.9. The van der Waals surface area contributed by atoms with Crippen molar-refractivity contribution in [3.8, 4) is 23.1 Å². The lowest BCUT2D eigenvalue weighted by atomic mass is 10.1. The first-order valence-corrected chi connectivity index (χ1v) is 9.16. The predicted molar refractivity (Wildman–Crippen MR) is 104 cm³/mol. The summed E-state index contributed by atoms with van der Waals surface area (Å²) in [6.45, 7) is 6.26. The maximum Gasteiger partial charge on any atom is 0.414 e. The fourth-order valence-corrected chi connectivity index (χ4v) is 3.07. The van der Waals surface area contributed by atoms with E-state index in [1.807, 2.05) is 6.07 Å². The molecule has 0 atom stereocenters. The van der Waals surface area contributed by atoms with Crippen LogP contribution in [-0.2, 0) is 4.74 Å². The van der Waals surface area contributed by atoms with E-state index in [2.05, 4.69) is 22.6 Å². The summed E-state index contributed by atoms with van der Waals surface area (Å²) in [6, 6.07) is 9.19. The molecule has 3 rings (SSSR count). The minimum atomic E-state index is -0.392. The van der Waals surface area contributed by atoms with Gasteiger partial charge in [0.2, 0.25) is 5.28 Å². The molecule has 0 radical (unpaired) electrons. The number of rotatable bonds is 4. The van der Waals surface area contributed by atoms with E-state index in [1.165, 1.54) is 0 Å². The molecule has 1 aliphatic heterocycles. The van der Waals surface area contributed by atoms with E-state index in [9.17, 15) is 10.1 Å². The number of carbonyl (C=O) groups excluding carboxylic acids is 1. The van der Waals surface area contributed by atoms with Crippen LogP contribution in [0, 0.1) is 11.3 Å². The summed E-state index contributed by atoms with van der Waals surface area (Å²) in [5.41, 5.74) is 1.80. The maximum atomic E-state index is 11.9. The Morgan fingerprint density at radius 2 is 2.11 bits per heavy atom. The molecule has 1 aromatic carbocycles. The molecule has 2 aromatic rings. The van der Waals surface area contributed by atoms with Gasteiger partial charge < -0.3 is 14.4 Å². The first kappa shape index (κ1) is 19.6. The summed E-state index contributed by atoms with van der Waals surface area (Å²) >= 11 is 5.84. The first-order chi connectivity index (χ1) is 13.5. The topological polar surface area (TPSA) is 88.3 Å². The van der Waals surface area contributed by atoms with E-state index in [-0.39, 0.29) is 11.4 Å². The van der Waals surface area contributed by atoms with Crippen molar-refractivity contribution >= 4 is 17.7 Å². The molecule has 144 valence electrons. The SMILES string of the molecule is C=C(C)OC(=O)N1CCC(Oc2ccc(-c3ccnc(Cl)n3)cc2C#N)CC1. The molecule has 0 N–H and O–H groups in total. The number of hydrogen-bond donors (Lipinski definition) is 0. The molecule has 0 saturated carbocycles. The largest absolute Gasteiger partial charge is 0.489 e. The number of nitrogens with zero attached hydrogens (tertiary/aromatic N) is 4. The van der Waals surface area contributed by atoms with Gasteiger partial charge in [-0.2, -0.15) is 5.26 Å². The second-order valence-electron chi connectivity index (χ2n) is 6.41. The molecule has 0 bridgehead atoms. The van der Waals surface area contributed by atoms with Gasteiger partial charge in [0, 0.05) is 37.7 Å². The van der Waals surface area contributed by atoms with Gasteiger partial charge in [-0.1, -0.05) is 6.58 Å². The van der Waals surface area contributed by atoms with Crippen LogP contribution in [0.25, 0.3) is 11.3 Å². The Kier molecular flexibility index (Phi) is 6.12. The predicted octanol–water partition coefficient (Wildman–Crippen LogP) is 4.18. The summed E-state index contributed by atoms with van der Waals surface area (Å²) in [5.74, 6) is 0.876. The number of halogens is 1. The summed E-state index contributed by atoms with van der Waals surface area (Å²) in [4.78, 5) is 21.6. The molecule has 1 saturated heterocycles. The highest BCUT2D eigenvalue weighted by atomic mass is 35.5. The number of aromatic nitrogens is 2. The van der Waals surface area contributed by atoms with Gasteiger partial charge in [0.05, 0.1) is 17.0 Å². The van der Waals surface area contributed by atoms with Crippen LogP contribution < -0.4 is 4.74 Å². The standard InChI is InChI=1S/C20H19ClN4O3/c1-13(2)27-20(26)25-9-6-16(7-10-25)28-18-4-3-14(11-15(18)12-22)17-5-8-23-19(21)24-17/h3-5,8,11,16H,1,6-7,9-10H2,2H3. The minimum absolute atomic E-state index is 0.0830. The average molecular weight is 399 g/mol. The van der Waals surface area contributed by atoms with Crippen LogP contribution in [0.3, 0.4) is 0 Å². The van der Waals surface area contributed by atoms with Crippen LogP contribution in [0.15, 0.2) is 42.8 Å². The van der Waals surface area contributed by atoms with Gasteiger partial charge in [-0.05, 0) is 42.8 Å². The van der Waals surface area contributed by atoms with E-state index in [1.54, 1.807) is 36.2 Å². The number of nitriles is 1. The molecule has 7 nitrogen and oxygen atoms in total. The molecular formula is C20H19ClN4O3. The smallest absolute Gasteiger partial charge is 0.414 e. The molecule has 1 fully saturated rings. The molecule has 0 spiro atoms. The Bertz CT molecular complexity index is 933. The Hall–Kier alpha value is -3.11. The van der Waals surface area contributed by atoms with Crippen molar-refractivity contribution in [3.63, 3.8) is 0 Å². The van der Waals surface area contributed by atoms with Crippen molar-refractivity contribution in [1.29, 1.82) is 5.26 Å². The van der Waals surface area contributed by atoms with Crippen LogP contribution in [0.1, 0.15) is 25.3 Å². The lowest BCUT2D eigenvalue weighted by Crippen LogP contribution is -2.41. The first-order valence-electron chi connectivity index (χ1n) is 8.78. The molecular weight excluding hydrogens is 380 g/mol. The normalized spacial score (nSPS) is 14.2. The highest BCUT2D eigenvalue weighted by molar-refractivity contribution is 6.28. The summed E-state index contributed by atoms with van der Waals surface area (Å²) in [7, 11) is 0. The van der Waals surface area contributed by atoms with Gasteiger partial charge in [-0.3, -0.25) is 0 Å². The Labute approximate surface area is 168 Å². The third-order valence-corrected chi connectivity index (χ3v) is 4.46. The quantitative estimate of drug-likeness (QED) is 0.567. The highest BCUT2D eigenvalue weighted by Gasteiger charge is 2.25. The summed E-state index contributed by atoms with van der Waals surface area (Å²) in [6.07, 6.45) is 2.39. The lowest BCUT2D eigenvalue weighted by Gasteiger charge is -2.31. The van der Waals surface area contributed by atoms with Crippen LogP contribution in [0.4, 0.5) is 4.79 Å². The van der Waals surface area contributed by atoms with E-state index in [0.29, 0.717) is 48.7 Å². The molecule has 0 aliphatic carbocycles. The van der Waals surface area contributed by atoms with Crippen molar-refractivity contribution in [2.75, 3.05) is 13.1 Å². The van der Waals surface area contributed by atoms with Crippen molar-refractivity contribution < 1.29 is 14.3 Å². The number of benzene rings is 1. The van der Waals surface area contributed by atoms with Gasteiger partial charge in [-0.25, -0.2) is 14.8 Å². The molecule has 28 heavy (non-hydrogen) atoms. The second kappa shape index (κ2) is 8.72. The van der Waals surface area contributed by atoms with Gasteiger partial charge in [0.25, 0.3) is 0 Å². The van der Waals surface area contributed by atoms with Gasteiger partial charge in [0.1, 0.15) is 17.9 Å². The van der Waals surface area contributed by atoms with E-state index in [0.717, 1.165) is 5.56 Å². The van der Waals surface area contributed by atoms with Crippen LogP contribution in [0.2, 0.25) is 5.28 Å². The zero-order valence-electron chi connectivity index (χ0n) is 15.4. The molecule has 1 aromatic heterocycles. The molecule has 1 amide bonds. The monoisotopic (exact) mass is 398 g/mol. The fourth-order valence-electron chi connectivity index (χ4n) is 2.92. The van der Waals surface area contributed by atoms with Crippen molar-refractivity contribution in [2.24, 2.45) is 0 Å². The van der Waals surface area contributed by atoms with Crippen molar-refractivity contribution in [3.05, 3.63) is 53.6 Å². The van der Waals surface area contributed by atoms with Crippen molar-refractivity contribution in [1.82, 2.24) is 14.9 Å². The average Bonchev–Trinajstić information content (AvgIpc) is 2.68. The number of amides is 1. The zero-order chi connectivity index (χ0) is 20.1. The van der Waals surface area contributed by atoms with Crippen LogP contribution >= 0.6 is 11.6 Å². The van der Waals surface area contributed by atoms with E-state index in [4.69, 9.17) is 21.1 Å². The number of ether oxygens (including phenoxy) is 2.